The summed E-state index contributed by atoms with van der Waals surface area (Å²) in [6.07, 6.45) is 2.29. The van der Waals surface area contributed by atoms with Crippen LogP contribution in [0.3, 0.4) is 0 Å². The van der Waals surface area contributed by atoms with Crippen molar-refractivity contribution in [1.82, 2.24) is 9.97 Å². The van der Waals surface area contributed by atoms with E-state index in [9.17, 15) is 14.9 Å². The highest BCUT2D eigenvalue weighted by Gasteiger charge is 2.17. The molecule has 0 aliphatic rings. The van der Waals surface area contributed by atoms with Gasteiger partial charge in [-0.1, -0.05) is 11.6 Å². The van der Waals surface area contributed by atoms with E-state index in [1.807, 2.05) is 0 Å². The summed E-state index contributed by atoms with van der Waals surface area (Å²) in [4.78, 5) is 29.1. The van der Waals surface area contributed by atoms with Crippen molar-refractivity contribution >= 4 is 23.3 Å². The first-order valence-corrected chi connectivity index (χ1v) is 5.91. The predicted molar refractivity (Wildman–Crippen MR) is 71.6 cm³/mol. The second-order valence-electron chi connectivity index (χ2n) is 3.70. The van der Waals surface area contributed by atoms with E-state index in [2.05, 4.69) is 14.7 Å². The molecule has 2 aromatic rings. The van der Waals surface area contributed by atoms with Gasteiger partial charge in [0.1, 0.15) is 0 Å². The Kier molecular flexibility index (Phi) is 4.29. The third kappa shape index (κ3) is 3.42. The van der Waals surface area contributed by atoms with Crippen LogP contribution in [0.25, 0.3) is 0 Å². The number of methoxy groups -OCH3 is 1. The first-order valence-electron chi connectivity index (χ1n) is 5.53. The van der Waals surface area contributed by atoms with Gasteiger partial charge in [0, 0.05) is 17.2 Å². The number of carbonyl (C=O) groups excluding carboxylic acids is 1. The molecule has 1 heterocycles. The summed E-state index contributed by atoms with van der Waals surface area (Å²) in [5.41, 5.74) is -0.274. The van der Waals surface area contributed by atoms with Crippen LogP contribution in [0, 0.1) is 10.1 Å². The third-order valence-electron chi connectivity index (χ3n) is 2.36. The Morgan fingerprint density at radius 2 is 2.10 bits per heavy atom. The molecule has 0 amide bonds. The lowest BCUT2D eigenvalue weighted by molar-refractivity contribution is -0.385. The van der Waals surface area contributed by atoms with Crippen LogP contribution in [0.1, 0.15) is 10.5 Å². The number of hydrogen-bond acceptors (Lipinski definition) is 7. The molecule has 0 aliphatic carbocycles. The van der Waals surface area contributed by atoms with Gasteiger partial charge in [-0.2, -0.15) is 0 Å². The molecular weight excluding hydrogens is 302 g/mol. The molecule has 0 N–H and O–H groups in total. The Bertz CT molecular complexity index is 690. The maximum absolute atomic E-state index is 11.2. The lowest BCUT2D eigenvalue weighted by Crippen LogP contribution is -2.05. The lowest BCUT2D eigenvalue weighted by Gasteiger charge is -2.05. The van der Waals surface area contributed by atoms with E-state index < -0.39 is 10.9 Å². The topological polar surface area (TPSA) is 104 Å². The summed E-state index contributed by atoms with van der Waals surface area (Å²) in [7, 11) is 1.21. The Morgan fingerprint density at radius 1 is 1.33 bits per heavy atom. The van der Waals surface area contributed by atoms with Gasteiger partial charge in [-0.25, -0.2) is 14.8 Å². The lowest BCUT2D eigenvalue weighted by atomic mass is 10.3. The van der Waals surface area contributed by atoms with Crippen molar-refractivity contribution in [2.24, 2.45) is 0 Å². The molecule has 108 valence electrons. The SMILES string of the molecule is COC(=O)c1cnc(Oc2cc(Cl)ccc2[N+](=O)[O-])cn1. The molecule has 0 radical (unpaired) electrons. The zero-order valence-corrected chi connectivity index (χ0v) is 11.4. The third-order valence-corrected chi connectivity index (χ3v) is 2.59. The van der Waals surface area contributed by atoms with Gasteiger partial charge >= 0.3 is 11.7 Å². The van der Waals surface area contributed by atoms with Gasteiger partial charge in [0.05, 0.1) is 24.4 Å². The standard InChI is InChI=1S/C12H8ClN3O5/c1-20-12(17)8-5-15-11(6-14-8)21-10-4-7(13)2-3-9(10)16(18)19/h2-6H,1H3. The Labute approximate surface area is 123 Å². The van der Waals surface area contributed by atoms with Gasteiger partial charge in [-0.3, -0.25) is 10.1 Å². The number of hydrogen-bond donors (Lipinski definition) is 0. The normalized spacial score (nSPS) is 10.0. The van der Waals surface area contributed by atoms with Crippen molar-refractivity contribution in [3.63, 3.8) is 0 Å². The molecule has 0 atom stereocenters. The van der Waals surface area contributed by atoms with Crippen LogP contribution >= 0.6 is 11.6 Å². The molecule has 1 aromatic heterocycles. The molecule has 8 nitrogen and oxygen atoms in total. The van der Waals surface area contributed by atoms with E-state index in [-0.39, 0.29) is 28.0 Å². The number of carbonyl (C=O) groups is 1. The quantitative estimate of drug-likeness (QED) is 0.485. The average Bonchev–Trinajstić information content (AvgIpc) is 2.47. The molecule has 0 saturated carbocycles. The average molecular weight is 310 g/mol. The van der Waals surface area contributed by atoms with Gasteiger partial charge in [0.25, 0.3) is 0 Å². The number of ether oxygens (including phenoxy) is 2. The van der Waals surface area contributed by atoms with Gasteiger partial charge in [0.15, 0.2) is 5.69 Å². The number of esters is 1. The van der Waals surface area contributed by atoms with Gasteiger partial charge < -0.3 is 9.47 Å². The molecule has 0 saturated heterocycles. The minimum atomic E-state index is -0.650. The minimum Gasteiger partial charge on any atom is -0.464 e. The molecule has 0 aliphatic heterocycles. The molecule has 2 rings (SSSR count). The molecule has 0 spiro atoms. The summed E-state index contributed by atoms with van der Waals surface area (Å²) in [6.45, 7) is 0. The number of benzene rings is 1. The zero-order chi connectivity index (χ0) is 15.4. The molecule has 9 heteroatoms. The van der Waals surface area contributed by atoms with E-state index >= 15 is 0 Å². The molecule has 0 unspecified atom stereocenters. The fraction of sp³-hybridized carbons (Fsp3) is 0.0833. The first kappa shape index (κ1) is 14.7. The number of aromatic nitrogens is 2. The van der Waals surface area contributed by atoms with E-state index in [4.69, 9.17) is 16.3 Å². The largest absolute Gasteiger partial charge is 0.464 e. The van der Waals surface area contributed by atoms with E-state index in [0.29, 0.717) is 0 Å². The second kappa shape index (κ2) is 6.14. The van der Waals surface area contributed by atoms with Crippen molar-refractivity contribution in [2.75, 3.05) is 7.11 Å². The maximum Gasteiger partial charge on any atom is 0.358 e. The monoisotopic (exact) mass is 309 g/mol. The molecule has 1 aromatic carbocycles. The van der Waals surface area contributed by atoms with Crippen LogP contribution in [-0.2, 0) is 4.74 Å². The number of nitro benzene ring substituents is 1. The van der Waals surface area contributed by atoms with Crippen molar-refractivity contribution in [1.29, 1.82) is 0 Å². The number of halogens is 1. The van der Waals surface area contributed by atoms with E-state index in [1.54, 1.807) is 0 Å². The van der Waals surface area contributed by atoms with Crippen LogP contribution in [0.15, 0.2) is 30.6 Å². The smallest absolute Gasteiger partial charge is 0.358 e. The van der Waals surface area contributed by atoms with Crippen LogP contribution in [-0.4, -0.2) is 28.0 Å². The van der Waals surface area contributed by atoms with E-state index in [0.717, 1.165) is 12.4 Å². The van der Waals surface area contributed by atoms with E-state index in [1.165, 1.54) is 25.3 Å². The van der Waals surface area contributed by atoms with Crippen LogP contribution in [0.2, 0.25) is 5.02 Å². The maximum atomic E-state index is 11.2. The van der Waals surface area contributed by atoms with Crippen molar-refractivity contribution < 1.29 is 19.2 Å². The number of nitrogens with zero attached hydrogens (tertiary/aromatic N) is 3. The van der Waals surface area contributed by atoms with Crippen molar-refractivity contribution in [3.05, 3.63) is 51.4 Å². The Balaban J connectivity index is 2.28. The fourth-order valence-corrected chi connectivity index (χ4v) is 1.57. The van der Waals surface area contributed by atoms with Gasteiger partial charge in [-0.15, -0.1) is 0 Å². The van der Waals surface area contributed by atoms with Crippen LogP contribution in [0.5, 0.6) is 11.6 Å². The van der Waals surface area contributed by atoms with Gasteiger partial charge in [-0.05, 0) is 6.07 Å². The summed E-state index contributed by atoms with van der Waals surface area (Å²) < 4.78 is 9.74. The first-order chi connectivity index (χ1) is 10.0. The highest BCUT2D eigenvalue weighted by molar-refractivity contribution is 6.30. The molecule has 21 heavy (non-hydrogen) atoms. The van der Waals surface area contributed by atoms with Gasteiger partial charge in [0.2, 0.25) is 11.6 Å². The highest BCUT2D eigenvalue weighted by atomic mass is 35.5. The summed E-state index contributed by atoms with van der Waals surface area (Å²) >= 11 is 5.77. The highest BCUT2D eigenvalue weighted by Crippen LogP contribution is 2.32. The second-order valence-corrected chi connectivity index (χ2v) is 4.14. The van der Waals surface area contributed by atoms with Crippen LogP contribution in [0.4, 0.5) is 5.69 Å². The Hall–Kier alpha value is -2.74. The summed E-state index contributed by atoms with van der Waals surface area (Å²) in [6, 6.07) is 3.88. The van der Waals surface area contributed by atoms with Crippen molar-refractivity contribution in [3.8, 4) is 11.6 Å². The predicted octanol–water partition coefficient (Wildman–Crippen LogP) is 2.62. The summed E-state index contributed by atoms with van der Waals surface area (Å²) in [5.74, 6) is -0.747. The van der Waals surface area contributed by atoms with Crippen molar-refractivity contribution in [2.45, 2.75) is 0 Å². The zero-order valence-electron chi connectivity index (χ0n) is 10.6. The molecule has 0 fully saturated rings. The van der Waals surface area contributed by atoms with Crippen LogP contribution < -0.4 is 4.74 Å². The molecular formula is C12H8ClN3O5. The Morgan fingerprint density at radius 3 is 2.67 bits per heavy atom. The molecule has 0 bridgehead atoms. The minimum absolute atomic E-state index is 0.00885. The number of nitro groups is 1. The summed E-state index contributed by atoms with van der Waals surface area (Å²) in [5, 5.41) is 11.2. The fourth-order valence-electron chi connectivity index (χ4n) is 1.41. The number of rotatable bonds is 4.